The number of hydrogen-bond donors (Lipinski definition) is 1. The molecule has 3 aromatic rings. The maximum Gasteiger partial charge on any atom is 0.272 e. The molecule has 2 aromatic heterocycles. The first kappa shape index (κ1) is 18.8. The van der Waals surface area contributed by atoms with E-state index < -0.39 is 0 Å². The van der Waals surface area contributed by atoms with E-state index in [2.05, 4.69) is 19.2 Å². The minimum atomic E-state index is -0.257. The van der Waals surface area contributed by atoms with Crippen LogP contribution in [0, 0.1) is 5.92 Å². The summed E-state index contributed by atoms with van der Waals surface area (Å²) in [5, 5.41) is 3.42. The normalized spacial score (nSPS) is 11.1. The van der Waals surface area contributed by atoms with E-state index in [9.17, 15) is 9.59 Å². The third-order valence-electron chi connectivity index (χ3n) is 4.40. The van der Waals surface area contributed by atoms with Gasteiger partial charge in [-0.2, -0.15) is 0 Å². The van der Waals surface area contributed by atoms with E-state index in [1.54, 1.807) is 40.6 Å². The molecule has 0 bridgehead atoms. The first-order chi connectivity index (χ1) is 12.9. The highest BCUT2D eigenvalue weighted by atomic mass is 16.5. The average Bonchev–Trinajstić information content (AvgIpc) is 2.97. The van der Waals surface area contributed by atoms with E-state index in [1.165, 1.54) is 0 Å². The fraction of sp³-hybridized carbons (Fsp3) is 0.333. The highest BCUT2D eigenvalue weighted by Crippen LogP contribution is 2.19. The largest absolute Gasteiger partial charge is 0.494 e. The Bertz CT molecular complexity index is 1010. The van der Waals surface area contributed by atoms with Crippen molar-refractivity contribution in [2.75, 3.05) is 11.9 Å². The molecule has 0 radical (unpaired) electrons. The van der Waals surface area contributed by atoms with Crippen molar-refractivity contribution >= 4 is 22.5 Å². The number of aromatic nitrogens is 2. The number of aryl methyl sites for hydroxylation is 1. The first-order valence-corrected chi connectivity index (χ1v) is 9.13. The molecule has 27 heavy (non-hydrogen) atoms. The van der Waals surface area contributed by atoms with Crippen LogP contribution in [0.2, 0.25) is 0 Å². The van der Waals surface area contributed by atoms with Gasteiger partial charge in [0.15, 0.2) is 0 Å². The molecule has 1 N–H and O–H groups in total. The Kier molecular flexibility index (Phi) is 5.35. The highest BCUT2D eigenvalue weighted by Gasteiger charge is 2.16. The number of fused-ring (bicyclic) bond motifs is 1. The van der Waals surface area contributed by atoms with Gasteiger partial charge in [-0.05, 0) is 49.2 Å². The number of amides is 1. The van der Waals surface area contributed by atoms with E-state index in [0.29, 0.717) is 35.8 Å². The zero-order valence-electron chi connectivity index (χ0n) is 16.2. The third kappa shape index (κ3) is 3.89. The van der Waals surface area contributed by atoms with Crippen molar-refractivity contribution in [1.29, 1.82) is 0 Å². The summed E-state index contributed by atoms with van der Waals surface area (Å²) >= 11 is 0. The first-order valence-electron chi connectivity index (χ1n) is 9.13. The molecular weight excluding hydrogens is 342 g/mol. The summed E-state index contributed by atoms with van der Waals surface area (Å²) in [6, 6.07) is 10.8. The van der Waals surface area contributed by atoms with Gasteiger partial charge in [-0.1, -0.05) is 13.8 Å². The topological polar surface area (TPSA) is 65.3 Å². The number of ether oxygens (including phenoxy) is 1. The molecule has 0 aliphatic heterocycles. The summed E-state index contributed by atoms with van der Waals surface area (Å²) in [5.74, 6) is 0.866. The molecule has 3 rings (SSSR count). The summed E-state index contributed by atoms with van der Waals surface area (Å²) in [5.41, 5.74) is 1.79. The Morgan fingerprint density at radius 3 is 2.52 bits per heavy atom. The van der Waals surface area contributed by atoms with Crippen LogP contribution in [-0.4, -0.2) is 21.6 Å². The van der Waals surface area contributed by atoms with Crippen molar-refractivity contribution in [3.63, 3.8) is 0 Å². The summed E-state index contributed by atoms with van der Waals surface area (Å²) in [4.78, 5) is 25.4. The van der Waals surface area contributed by atoms with Crippen LogP contribution in [0.25, 0.3) is 10.9 Å². The molecule has 0 saturated heterocycles. The second-order valence-corrected chi connectivity index (χ2v) is 6.97. The van der Waals surface area contributed by atoms with Gasteiger partial charge in [0.2, 0.25) is 0 Å². The molecule has 0 aliphatic rings. The molecule has 6 nitrogen and oxygen atoms in total. The molecule has 0 aliphatic carbocycles. The van der Waals surface area contributed by atoms with Crippen molar-refractivity contribution in [1.82, 2.24) is 9.13 Å². The molecule has 0 unspecified atom stereocenters. The smallest absolute Gasteiger partial charge is 0.272 e. The van der Waals surface area contributed by atoms with E-state index in [-0.39, 0.29) is 11.5 Å². The fourth-order valence-corrected chi connectivity index (χ4v) is 3.13. The molecule has 0 atom stereocenters. The lowest BCUT2D eigenvalue weighted by Crippen LogP contribution is -2.21. The third-order valence-corrected chi connectivity index (χ3v) is 4.40. The second kappa shape index (κ2) is 7.70. The maximum absolute atomic E-state index is 12.7. The summed E-state index contributed by atoms with van der Waals surface area (Å²) < 4.78 is 8.85. The Balaban J connectivity index is 1.89. The molecule has 0 spiro atoms. The number of pyridine rings is 1. The standard InChI is InChI=1S/C21H25N3O3/c1-5-27-16-8-6-15(7-9-16)22-20(25)19-12-17-18(23(19)4)10-11-24(21(17)26)13-14(2)3/h6-12,14H,5,13H2,1-4H3,(H,22,25). The van der Waals surface area contributed by atoms with Crippen molar-refractivity contribution < 1.29 is 9.53 Å². The van der Waals surface area contributed by atoms with Crippen LogP contribution in [0.15, 0.2) is 47.4 Å². The summed E-state index contributed by atoms with van der Waals surface area (Å²) in [6.07, 6.45) is 1.79. The van der Waals surface area contributed by atoms with Crippen LogP contribution in [0.4, 0.5) is 5.69 Å². The van der Waals surface area contributed by atoms with Gasteiger partial charge < -0.3 is 19.2 Å². The van der Waals surface area contributed by atoms with Crippen molar-refractivity contribution in [2.45, 2.75) is 27.3 Å². The Labute approximate surface area is 158 Å². The van der Waals surface area contributed by atoms with Gasteiger partial charge in [0.05, 0.1) is 17.5 Å². The van der Waals surface area contributed by atoms with Crippen LogP contribution in [-0.2, 0) is 13.6 Å². The lowest BCUT2D eigenvalue weighted by atomic mass is 10.2. The van der Waals surface area contributed by atoms with Gasteiger partial charge in [0.1, 0.15) is 11.4 Å². The van der Waals surface area contributed by atoms with Crippen LogP contribution in [0.1, 0.15) is 31.3 Å². The Morgan fingerprint density at radius 2 is 1.89 bits per heavy atom. The van der Waals surface area contributed by atoms with Gasteiger partial charge in [0.25, 0.3) is 11.5 Å². The predicted octanol–water partition coefficient (Wildman–Crippen LogP) is 3.65. The van der Waals surface area contributed by atoms with Crippen LogP contribution < -0.4 is 15.6 Å². The number of benzene rings is 1. The zero-order valence-corrected chi connectivity index (χ0v) is 16.2. The lowest BCUT2D eigenvalue weighted by molar-refractivity contribution is 0.101. The van der Waals surface area contributed by atoms with Gasteiger partial charge >= 0.3 is 0 Å². The van der Waals surface area contributed by atoms with Crippen LogP contribution >= 0.6 is 0 Å². The fourth-order valence-electron chi connectivity index (χ4n) is 3.13. The highest BCUT2D eigenvalue weighted by molar-refractivity contribution is 6.06. The van der Waals surface area contributed by atoms with Gasteiger partial charge in [-0.25, -0.2) is 0 Å². The zero-order chi connectivity index (χ0) is 19.6. The van der Waals surface area contributed by atoms with Crippen molar-refractivity contribution in [3.05, 3.63) is 58.6 Å². The second-order valence-electron chi connectivity index (χ2n) is 6.97. The average molecular weight is 367 g/mol. The van der Waals surface area contributed by atoms with Gasteiger partial charge in [0, 0.05) is 25.5 Å². The van der Waals surface area contributed by atoms with Gasteiger partial charge in [-0.3, -0.25) is 9.59 Å². The summed E-state index contributed by atoms with van der Waals surface area (Å²) in [6.45, 7) is 7.30. The van der Waals surface area contributed by atoms with E-state index >= 15 is 0 Å². The number of hydrogen-bond acceptors (Lipinski definition) is 3. The number of nitrogens with one attached hydrogen (secondary N) is 1. The van der Waals surface area contributed by atoms with Gasteiger partial charge in [-0.15, -0.1) is 0 Å². The SMILES string of the molecule is CCOc1ccc(NC(=O)c2cc3c(=O)n(CC(C)C)ccc3n2C)cc1. The Morgan fingerprint density at radius 1 is 1.19 bits per heavy atom. The number of carbonyl (C=O) groups excluding carboxylic acids is 1. The molecule has 2 heterocycles. The quantitative estimate of drug-likeness (QED) is 0.723. The predicted molar refractivity (Wildman–Crippen MR) is 108 cm³/mol. The van der Waals surface area contributed by atoms with E-state index in [0.717, 1.165) is 11.3 Å². The van der Waals surface area contributed by atoms with E-state index in [1.807, 2.05) is 25.1 Å². The lowest BCUT2D eigenvalue weighted by Gasteiger charge is -2.09. The number of rotatable bonds is 6. The van der Waals surface area contributed by atoms with Crippen molar-refractivity contribution in [3.8, 4) is 5.75 Å². The van der Waals surface area contributed by atoms with Crippen molar-refractivity contribution in [2.24, 2.45) is 13.0 Å². The molecule has 0 fully saturated rings. The molecule has 6 heteroatoms. The number of carbonyl (C=O) groups is 1. The number of anilines is 1. The number of nitrogens with zero attached hydrogens (tertiary/aromatic N) is 2. The van der Waals surface area contributed by atoms with Crippen LogP contribution in [0.5, 0.6) is 5.75 Å². The molecule has 142 valence electrons. The van der Waals surface area contributed by atoms with E-state index in [4.69, 9.17) is 4.74 Å². The molecule has 1 aromatic carbocycles. The molecular formula is C21H25N3O3. The minimum Gasteiger partial charge on any atom is -0.494 e. The molecule has 1 amide bonds. The monoisotopic (exact) mass is 367 g/mol. The Hall–Kier alpha value is -3.02. The summed E-state index contributed by atoms with van der Waals surface area (Å²) in [7, 11) is 1.79. The van der Waals surface area contributed by atoms with Crippen LogP contribution in [0.3, 0.4) is 0 Å². The maximum atomic E-state index is 12.7. The molecule has 0 saturated carbocycles. The minimum absolute atomic E-state index is 0.0723.